The average molecular weight is 396 g/mol. The number of carbonyl (C=O) groups excluding carboxylic acids is 3. The quantitative estimate of drug-likeness (QED) is 0.605. The van der Waals surface area contributed by atoms with Crippen molar-refractivity contribution in [3.05, 3.63) is 29.3 Å². The molecule has 4 amide bonds. The molecule has 1 heterocycles. The van der Waals surface area contributed by atoms with Crippen molar-refractivity contribution in [2.24, 2.45) is 5.92 Å². The predicted octanol–water partition coefficient (Wildman–Crippen LogP) is 3.35. The highest BCUT2D eigenvalue weighted by molar-refractivity contribution is 8.00. The Labute approximate surface area is 162 Å². The zero-order valence-corrected chi connectivity index (χ0v) is 16.3. The maximum atomic E-state index is 12.8. The molecular formula is C18H22ClN3O3S. The summed E-state index contributed by atoms with van der Waals surface area (Å²) in [5.41, 5.74) is 1.62. The molecular weight excluding hydrogens is 374 g/mol. The largest absolute Gasteiger partial charge is 0.344 e. The third-order valence-electron chi connectivity index (χ3n) is 5.01. The van der Waals surface area contributed by atoms with Gasteiger partial charge in [-0.25, -0.2) is 4.79 Å². The molecule has 2 N–H and O–H groups in total. The smallest absolute Gasteiger partial charge is 0.322 e. The highest BCUT2D eigenvalue weighted by Crippen LogP contribution is 2.36. The fourth-order valence-electron chi connectivity index (χ4n) is 3.29. The lowest BCUT2D eigenvalue weighted by molar-refractivity contribution is -0.139. The second-order valence-corrected chi connectivity index (χ2v) is 8.88. The summed E-state index contributed by atoms with van der Waals surface area (Å²) in [5.74, 6) is -0.203. The van der Waals surface area contributed by atoms with E-state index in [2.05, 4.69) is 17.7 Å². The van der Waals surface area contributed by atoms with E-state index in [0.717, 1.165) is 22.7 Å². The van der Waals surface area contributed by atoms with E-state index >= 15 is 0 Å². The van der Waals surface area contributed by atoms with Crippen LogP contribution >= 0.6 is 23.4 Å². The van der Waals surface area contributed by atoms with Crippen LogP contribution in [-0.2, 0) is 9.59 Å². The number of hydrazine groups is 1. The van der Waals surface area contributed by atoms with Gasteiger partial charge in [-0.05, 0) is 62.8 Å². The van der Waals surface area contributed by atoms with Gasteiger partial charge < -0.3 is 5.32 Å². The summed E-state index contributed by atoms with van der Waals surface area (Å²) in [4.78, 5) is 38.3. The first-order valence-electron chi connectivity index (χ1n) is 8.70. The fraction of sp³-hybridized carbons (Fsp3) is 0.500. The number of rotatable bonds is 4. The van der Waals surface area contributed by atoms with Gasteiger partial charge in [-0.2, -0.15) is 5.01 Å². The van der Waals surface area contributed by atoms with Gasteiger partial charge in [0, 0.05) is 9.92 Å². The number of urea groups is 1. The molecule has 0 radical (unpaired) electrons. The number of hydrogen-bond acceptors (Lipinski definition) is 4. The summed E-state index contributed by atoms with van der Waals surface area (Å²) in [7, 11) is 0. The molecule has 2 fully saturated rings. The van der Waals surface area contributed by atoms with Crippen LogP contribution in [0, 0.1) is 5.92 Å². The van der Waals surface area contributed by atoms with Crippen LogP contribution < -0.4 is 10.7 Å². The lowest BCUT2D eigenvalue weighted by Crippen LogP contribution is -2.52. The Balaban J connectivity index is 1.62. The third-order valence-corrected chi connectivity index (χ3v) is 6.37. The van der Waals surface area contributed by atoms with E-state index in [9.17, 15) is 14.4 Å². The molecule has 1 unspecified atom stereocenters. The summed E-state index contributed by atoms with van der Waals surface area (Å²) in [6.45, 7) is 3.87. The Bertz CT molecular complexity index is 717. The van der Waals surface area contributed by atoms with Crippen molar-refractivity contribution in [1.82, 2.24) is 15.8 Å². The molecule has 1 saturated carbocycles. The number of nitrogens with one attached hydrogen (secondary N) is 2. The number of nitrogens with zero attached hydrogens (tertiary/aromatic N) is 1. The van der Waals surface area contributed by atoms with Crippen molar-refractivity contribution in [2.45, 2.75) is 55.2 Å². The van der Waals surface area contributed by atoms with Crippen LogP contribution in [-0.4, -0.2) is 33.6 Å². The van der Waals surface area contributed by atoms with Gasteiger partial charge in [-0.1, -0.05) is 18.5 Å². The fourth-order valence-corrected chi connectivity index (χ4v) is 4.27. The minimum absolute atomic E-state index is 0.355. The first-order chi connectivity index (χ1) is 12.3. The van der Waals surface area contributed by atoms with Crippen LogP contribution in [0.3, 0.4) is 0 Å². The molecule has 1 spiro atoms. The molecule has 26 heavy (non-hydrogen) atoms. The van der Waals surface area contributed by atoms with Crippen LogP contribution in [0.4, 0.5) is 4.79 Å². The monoisotopic (exact) mass is 395 g/mol. The van der Waals surface area contributed by atoms with Gasteiger partial charge in [-0.3, -0.25) is 15.0 Å². The number of imide groups is 1. The standard InChI is InChI=1S/C18H22ClN3O3S/c1-11-7-9-18(10-8-11)16(24)22(17(25)20-18)21-15(23)12(2)26-14-5-3-13(19)4-6-14/h3-6,11-12H,7-10H2,1-2H3,(H,20,25)(H,21,23). The van der Waals surface area contributed by atoms with E-state index in [1.165, 1.54) is 11.8 Å². The van der Waals surface area contributed by atoms with Crippen molar-refractivity contribution < 1.29 is 14.4 Å². The highest BCUT2D eigenvalue weighted by Gasteiger charge is 2.53. The van der Waals surface area contributed by atoms with Gasteiger partial charge in [0.15, 0.2) is 0 Å². The van der Waals surface area contributed by atoms with Crippen LogP contribution in [0.1, 0.15) is 39.5 Å². The summed E-state index contributed by atoms with van der Waals surface area (Å²) in [6.07, 6.45) is 2.99. The van der Waals surface area contributed by atoms with Gasteiger partial charge in [-0.15, -0.1) is 11.8 Å². The summed E-state index contributed by atoms with van der Waals surface area (Å²) in [6, 6.07) is 6.59. The Morgan fingerprint density at radius 3 is 2.54 bits per heavy atom. The lowest BCUT2D eigenvalue weighted by atomic mass is 9.77. The molecule has 8 heteroatoms. The second-order valence-electron chi connectivity index (χ2n) is 7.03. The van der Waals surface area contributed by atoms with E-state index in [4.69, 9.17) is 11.6 Å². The van der Waals surface area contributed by atoms with Crippen LogP contribution in [0.25, 0.3) is 0 Å². The Morgan fingerprint density at radius 1 is 1.31 bits per heavy atom. The van der Waals surface area contributed by atoms with E-state index in [0.29, 0.717) is 23.8 Å². The van der Waals surface area contributed by atoms with Crippen molar-refractivity contribution in [3.8, 4) is 0 Å². The van der Waals surface area contributed by atoms with Gasteiger partial charge in [0.2, 0.25) is 0 Å². The number of carbonyl (C=O) groups is 3. The van der Waals surface area contributed by atoms with Crippen molar-refractivity contribution >= 4 is 41.2 Å². The van der Waals surface area contributed by atoms with E-state index in [1.54, 1.807) is 19.1 Å². The molecule has 1 saturated heterocycles. The second kappa shape index (κ2) is 7.48. The third kappa shape index (κ3) is 3.83. The number of benzene rings is 1. The highest BCUT2D eigenvalue weighted by atomic mass is 35.5. The van der Waals surface area contributed by atoms with Gasteiger partial charge in [0.1, 0.15) is 5.54 Å². The molecule has 6 nitrogen and oxygen atoms in total. The zero-order chi connectivity index (χ0) is 18.9. The van der Waals surface area contributed by atoms with Gasteiger partial charge in [0.25, 0.3) is 11.8 Å². The normalized spacial score (nSPS) is 26.7. The van der Waals surface area contributed by atoms with Crippen LogP contribution in [0.2, 0.25) is 5.02 Å². The summed E-state index contributed by atoms with van der Waals surface area (Å²) >= 11 is 7.19. The molecule has 140 valence electrons. The van der Waals surface area contributed by atoms with E-state index in [1.807, 2.05) is 12.1 Å². The number of halogens is 1. The predicted molar refractivity (Wildman–Crippen MR) is 101 cm³/mol. The van der Waals surface area contributed by atoms with Crippen molar-refractivity contribution in [2.75, 3.05) is 0 Å². The molecule has 3 rings (SSSR count). The van der Waals surface area contributed by atoms with Crippen molar-refractivity contribution in [3.63, 3.8) is 0 Å². The SMILES string of the molecule is CC1CCC2(CC1)NC(=O)N(NC(=O)C(C)Sc1ccc(Cl)cc1)C2=O. The maximum Gasteiger partial charge on any atom is 0.344 e. The van der Waals surface area contributed by atoms with Crippen molar-refractivity contribution in [1.29, 1.82) is 0 Å². The van der Waals surface area contributed by atoms with Crippen LogP contribution in [0.5, 0.6) is 0 Å². The number of thioether (sulfide) groups is 1. The molecule has 0 aromatic heterocycles. The number of amides is 4. The summed E-state index contributed by atoms with van der Waals surface area (Å²) < 4.78 is 0. The minimum Gasteiger partial charge on any atom is -0.322 e. The number of hydrogen-bond donors (Lipinski definition) is 2. The Kier molecular flexibility index (Phi) is 5.48. The van der Waals surface area contributed by atoms with Gasteiger partial charge >= 0.3 is 6.03 Å². The Hall–Kier alpha value is -1.73. The summed E-state index contributed by atoms with van der Waals surface area (Å²) in [5, 5.41) is 3.79. The first kappa shape index (κ1) is 19.0. The molecule has 0 bridgehead atoms. The average Bonchev–Trinajstić information content (AvgIpc) is 2.84. The van der Waals surface area contributed by atoms with E-state index in [-0.39, 0.29) is 5.91 Å². The topological polar surface area (TPSA) is 78.5 Å². The van der Waals surface area contributed by atoms with Crippen LogP contribution in [0.15, 0.2) is 29.2 Å². The first-order valence-corrected chi connectivity index (χ1v) is 9.96. The molecule has 1 aliphatic heterocycles. The molecule has 1 aliphatic carbocycles. The lowest BCUT2D eigenvalue weighted by Gasteiger charge is -2.33. The molecule has 1 atom stereocenters. The Morgan fingerprint density at radius 2 is 1.92 bits per heavy atom. The minimum atomic E-state index is -0.858. The van der Waals surface area contributed by atoms with E-state index < -0.39 is 22.7 Å². The molecule has 1 aromatic rings. The molecule has 1 aromatic carbocycles. The van der Waals surface area contributed by atoms with Gasteiger partial charge in [0.05, 0.1) is 5.25 Å². The molecule has 2 aliphatic rings. The zero-order valence-electron chi connectivity index (χ0n) is 14.8. The maximum absolute atomic E-state index is 12.8.